The quantitative estimate of drug-likeness (QED) is 0.711. The summed E-state index contributed by atoms with van der Waals surface area (Å²) >= 11 is 0. The Labute approximate surface area is 161 Å². The maximum Gasteiger partial charge on any atom is 0.323 e. The first-order valence-corrected chi connectivity index (χ1v) is 9.37. The van der Waals surface area contributed by atoms with Crippen molar-refractivity contribution in [2.75, 3.05) is 18.0 Å². The van der Waals surface area contributed by atoms with Gasteiger partial charge in [-0.05, 0) is 18.3 Å². The number of hydrogen-bond acceptors (Lipinski definition) is 5. The molecule has 1 saturated carbocycles. The first-order chi connectivity index (χ1) is 13.2. The Hall–Kier alpha value is -3.04. The van der Waals surface area contributed by atoms with Crippen molar-refractivity contribution in [2.45, 2.75) is 46.2 Å². The maximum absolute atomic E-state index is 13.0. The summed E-state index contributed by atoms with van der Waals surface area (Å²) in [6.07, 6.45) is 1.72. The average molecular weight is 388 g/mol. The lowest BCUT2D eigenvalue weighted by Gasteiger charge is -2.23. The Morgan fingerprint density at radius 2 is 2.07 bits per heavy atom. The Morgan fingerprint density at radius 3 is 2.64 bits per heavy atom. The van der Waals surface area contributed by atoms with Gasteiger partial charge in [0.2, 0.25) is 5.88 Å². The van der Waals surface area contributed by atoms with E-state index in [4.69, 9.17) is 0 Å². The SMILES string of the molecule is CC(C)(C)Cn1c(O)c(C(=O)NC2CC2)c(=O)n2nc(N3CCNC3=O)cc12. The van der Waals surface area contributed by atoms with E-state index in [1.807, 2.05) is 20.8 Å². The summed E-state index contributed by atoms with van der Waals surface area (Å²) in [7, 11) is 0. The number of anilines is 1. The predicted molar refractivity (Wildman–Crippen MR) is 102 cm³/mol. The van der Waals surface area contributed by atoms with Crippen LogP contribution in [0.1, 0.15) is 44.0 Å². The molecule has 0 spiro atoms. The third-order valence-electron chi connectivity index (χ3n) is 4.75. The Bertz CT molecular complexity index is 1030. The van der Waals surface area contributed by atoms with Crippen LogP contribution in [0.4, 0.5) is 10.6 Å². The van der Waals surface area contributed by atoms with E-state index in [1.165, 1.54) is 9.47 Å². The zero-order valence-electron chi connectivity index (χ0n) is 16.2. The zero-order chi connectivity index (χ0) is 20.2. The zero-order valence-corrected chi connectivity index (χ0v) is 16.2. The minimum Gasteiger partial charge on any atom is -0.494 e. The minimum atomic E-state index is -0.707. The van der Waals surface area contributed by atoms with Crippen LogP contribution < -0.4 is 21.1 Å². The van der Waals surface area contributed by atoms with E-state index in [2.05, 4.69) is 15.7 Å². The van der Waals surface area contributed by atoms with Gasteiger partial charge in [-0.1, -0.05) is 20.8 Å². The van der Waals surface area contributed by atoms with Crippen molar-refractivity contribution in [3.63, 3.8) is 0 Å². The summed E-state index contributed by atoms with van der Waals surface area (Å²) in [4.78, 5) is 39.0. The first kappa shape index (κ1) is 18.3. The summed E-state index contributed by atoms with van der Waals surface area (Å²) in [6.45, 7) is 7.21. The molecule has 10 nitrogen and oxygen atoms in total. The fraction of sp³-hybridized carbons (Fsp3) is 0.556. The van der Waals surface area contributed by atoms with Crippen LogP contribution in [0.2, 0.25) is 0 Å². The highest BCUT2D eigenvalue weighted by Gasteiger charge is 2.31. The second-order valence-corrected chi connectivity index (χ2v) is 8.55. The molecule has 3 N–H and O–H groups in total. The van der Waals surface area contributed by atoms with Crippen molar-refractivity contribution < 1.29 is 14.7 Å². The average Bonchev–Trinajstić information content (AvgIpc) is 3.12. The molecule has 1 aliphatic heterocycles. The minimum absolute atomic E-state index is 0.0412. The molecular weight excluding hydrogens is 364 g/mol. The van der Waals surface area contributed by atoms with Crippen molar-refractivity contribution in [3.05, 3.63) is 22.0 Å². The first-order valence-electron chi connectivity index (χ1n) is 9.37. The molecule has 3 heterocycles. The van der Waals surface area contributed by atoms with Crippen LogP contribution >= 0.6 is 0 Å². The van der Waals surface area contributed by atoms with Crippen LogP contribution in [0.25, 0.3) is 5.65 Å². The lowest BCUT2D eigenvalue weighted by atomic mass is 9.96. The van der Waals surface area contributed by atoms with Crippen LogP contribution in [0, 0.1) is 5.41 Å². The van der Waals surface area contributed by atoms with Crippen LogP contribution in [-0.2, 0) is 6.54 Å². The number of carbonyl (C=O) groups excluding carboxylic acids is 2. The van der Waals surface area contributed by atoms with E-state index in [1.54, 1.807) is 6.07 Å². The molecule has 2 aromatic heterocycles. The highest BCUT2D eigenvalue weighted by Crippen LogP contribution is 2.27. The maximum atomic E-state index is 13.0. The lowest BCUT2D eigenvalue weighted by Crippen LogP contribution is -2.35. The fourth-order valence-electron chi connectivity index (χ4n) is 3.28. The number of urea groups is 1. The van der Waals surface area contributed by atoms with Crippen LogP contribution in [0.3, 0.4) is 0 Å². The second kappa shape index (κ2) is 6.25. The van der Waals surface area contributed by atoms with Gasteiger partial charge in [0.05, 0.1) is 0 Å². The predicted octanol–water partition coefficient (Wildman–Crippen LogP) is 0.669. The molecule has 0 aromatic carbocycles. The van der Waals surface area contributed by atoms with Gasteiger partial charge in [0.15, 0.2) is 11.4 Å². The number of rotatable bonds is 4. The number of nitrogens with zero attached hydrogens (tertiary/aromatic N) is 4. The smallest absolute Gasteiger partial charge is 0.323 e. The number of fused-ring (bicyclic) bond motifs is 1. The van der Waals surface area contributed by atoms with E-state index >= 15 is 0 Å². The molecule has 0 radical (unpaired) electrons. The third-order valence-corrected chi connectivity index (χ3v) is 4.75. The van der Waals surface area contributed by atoms with E-state index in [0.29, 0.717) is 31.1 Å². The summed E-state index contributed by atoms with van der Waals surface area (Å²) in [5, 5.41) is 20.5. The summed E-state index contributed by atoms with van der Waals surface area (Å²) in [6, 6.07) is 1.33. The number of hydrogen-bond donors (Lipinski definition) is 3. The van der Waals surface area contributed by atoms with Gasteiger partial charge in [-0.2, -0.15) is 4.52 Å². The third kappa shape index (κ3) is 3.19. The topological polar surface area (TPSA) is 121 Å². The van der Waals surface area contributed by atoms with Crippen molar-refractivity contribution in [1.82, 2.24) is 24.8 Å². The summed E-state index contributed by atoms with van der Waals surface area (Å²) in [5.41, 5.74) is -0.951. The Kier molecular flexibility index (Phi) is 4.09. The number of aromatic hydroxyl groups is 1. The van der Waals surface area contributed by atoms with Crippen molar-refractivity contribution in [1.29, 1.82) is 0 Å². The molecule has 10 heteroatoms. The van der Waals surface area contributed by atoms with Gasteiger partial charge in [-0.15, -0.1) is 5.10 Å². The van der Waals surface area contributed by atoms with Crippen molar-refractivity contribution in [2.24, 2.45) is 5.41 Å². The van der Waals surface area contributed by atoms with E-state index in [-0.39, 0.29) is 28.9 Å². The normalized spacial score (nSPS) is 17.2. The molecule has 2 aliphatic rings. The number of aromatic nitrogens is 3. The van der Waals surface area contributed by atoms with Crippen molar-refractivity contribution in [3.8, 4) is 5.88 Å². The largest absolute Gasteiger partial charge is 0.494 e. The molecular formula is C18H24N6O4. The molecule has 28 heavy (non-hydrogen) atoms. The van der Waals surface area contributed by atoms with Gasteiger partial charge in [0.1, 0.15) is 5.65 Å². The summed E-state index contributed by atoms with van der Waals surface area (Å²) in [5.74, 6) is -0.692. The summed E-state index contributed by atoms with van der Waals surface area (Å²) < 4.78 is 2.60. The molecule has 0 unspecified atom stereocenters. The second-order valence-electron chi connectivity index (χ2n) is 8.55. The van der Waals surface area contributed by atoms with E-state index in [0.717, 1.165) is 17.4 Å². The molecule has 0 bridgehead atoms. The van der Waals surface area contributed by atoms with Crippen LogP contribution in [0.5, 0.6) is 5.88 Å². The van der Waals surface area contributed by atoms with Crippen molar-refractivity contribution >= 4 is 23.4 Å². The molecule has 1 aliphatic carbocycles. The molecule has 0 atom stereocenters. The monoisotopic (exact) mass is 388 g/mol. The van der Waals surface area contributed by atoms with E-state index in [9.17, 15) is 19.5 Å². The highest BCUT2D eigenvalue weighted by atomic mass is 16.3. The van der Waals surface area contributed by atoms with Gasteiger partial charge in [0.25, 0.3) is 11.5 Å². The van der Waals surface area contributed by atoms with Crippen LogP contribution in [0.15, 0.2) is 10.9 Å². The Morgan fingerprint density at radius 1 is 1.36 bits per heavy atom. The van der Waals surface area contributed by atoms with E-state index < -0.39 is 11.5 Å². The van der Waals surface area contributed by atoms with Gasteiger partial charge in [0, 0.05) is 31.7 Å². The number of nitrogens with one attached hydrogen (secondary N) is 2. The van der Waals surface area contributed by atoms with Gasteiger partial charge >= 0.3 is 6.03 Å². The fourth-order valence-corrected chi connectivity index (χ4v) is 3.28. The van der Waals surface area contributed by atoms with Gasteiger partial charge in [-0.25, -0.2) is 4.79 Å². The molecule has 1 saturated heterocycles. The molecule has 150 valence electrons. The molecule has 2 fully saturated rings. The number of amides is 3. The lowest BCUT2D eigenvalue weighted by molar-refractivity contribution is 0.0944. The number of carbonyl (C=O) groups is 2. The highest BCUT2D eigenvalue weighted by molar-refractivity contribution is 5.97. The van der Waals surface area contributed by atoms with Gasteiger partial charge < -0.3 is 15.7 Å². The Balaban J connectivity index is 1.90. The molecule has 2 aromatic rings. The standard InChI is InChI=1S/C18H24N6O4/c1-18(2,3)9-23-12-8-11(22-7-6-19-17(22)28)21-24(12)16(27)13(15(23)26)14(25)20-10-4-5-10/h8,10,26H,4-7,9H2,1-3H3,(H,19,28)(H,20,25). The van der Waals surface area contributed by atoms with Gasteiger partial charge in [-0.3, -0.25) is 19.1 Å². The molecule has 4 rings (SSSR count). The molecule has 3 amide bonds. The van der Waals surface area contributed by atoms with Crippen LogP contribution in [-0.4, -0.2) is 50.4 Å².